The fourth-order valence-corrected chi connectivity index (χ4v) is 0. The van der Waals surface area contributed by atoms with Crippen LogP contribution in [-0.2, 0) is 36.7 Å². The molecule has 0 saturated carbocycles. The molecular formula is H2O5STi. The van der Waals surface area contributed by atoms with Crippen LogP contribution in [0.15, 0.2) is 0 Å². The molecule has 0 fully saturated rings. The predicted octanol–water partition coefficient (Wildman–Crippen LogP) is -1.17. The van der Waals surface area contributed by atoms with Crippen molar-refractivity contribution in [2.75, 3.05) is 0 Å². The Morgan fingerprint density at radius 1 is 1.29 bits per heavy atom. The molecule has 0 bridgehead atoms. The van der Waals surface area contributed by atoms with Crippen molar-refractivity contribution in [2.24, 2.45) is 0 Å². The monoisotopic (exact) mass is 162 g/mol. The molecule has 0 rings (SSSR count). The van der Waals surface area contributed by atoms with Crippen molar-refractivity contribution in [3.8, 4) is 0 Å². The van der Waals surface area contributed by atoms with E-state index in [2.05, 4.69) is 0 Å². The van der Waals surface area contributed by atoms with Crippen LogP contribution in [-0.4, -0.2) is 13.0 Å². The molecule has 0 aliphatic rings. The second kappa shape index (κ2) is 9.52. The van der Waals surface area contributed by atoms with Crippen molar-refractivity contribution in [3.63, 3.8) is 0 Å². The zero-order chi connectivity index (χ0) is 6.28. The van der Waals surface area contributed by atoms with Gasteiger partial charge in [-0.1, -0.05) is 0 Å². The average Bonchev–Trinajstić information content (AvgIpc) is 1.33. The van der Waals surface area contributed by atoms with Gasteiger partial charge in [-0.3, -0.25) is 4.55 Å². The fourth-order valence-electron chi connectivity index (χ4n) is 0. The van der Waals surface area contributed by atoms with Crippen molar-refractivity contribution < 1.29 is 38.7 Å². The molecule has 5 nitrogen and oxygen atoms in total. The number of thiol groups is 1. The second-order valence-electron chi connectivity index (χ2n) is 0.321. The third-order valence-corrected chi connectivity index (χ3v) is 0. The Kier molecular flexibility index (Phi) is 13.9. The van der Waals surface area contributed by atoms with Crippen LogP contribution in [0.1, 0.15) is 0 Å². The first-order valence-electron chi connectivity index (χ1n) is 0.973. The molecule has 42 valence electrons. The van der Waals surface area contributed by atoms with E-state index in [9.17, 15) is 0 Å². The zero-order valence-corrected chi connectivity index (χ0v) is 5.48. The molecule has 0 atom stereocenters. The van der Waals surface area contributed by atoms with E-state index in [0.717, 1.165) is 0 Å². The van der Waals surface area contributed by atoms with E-state index in [-0.39, 0.29) is 0 Å². The van der Waals surface area contributed by atoms with Gasteiger partial charge in [0, 0.05) is 0 Å². The normalized spacial score (nSPS) is 6.00. The molecule has 0 aliphatic carbocycles. The molecule has 0 spiro atoms. The van der Waals surface area contributed by atoms with Crippen LogP contribution in [0.4, 0.5) is 0 Å². The van der Waals surface area contributed by atoms with Crippen LogP contribution in [0.25, 0.3) is 0 Å². The van der Waals surface area contributed by atoms with Crippen LogP contribution in [0, 0.1) is 0 Å². The molecule has 0 aromatic heterocycles. The molecule has 0 saturated heterocycles. The van der Waals surface area contributed by atoms with Crippen LogP contribution >= 0.6 is 0 Å². The van der Waals surface area contributed by atoms with Gasteiger partial charge in [0.15, 0.2) is 0 Å². The van der Waals surface area contributed by atoms with Crippen molar-refractivity contribution in [1.29, 1.82) is 0 Å². The molecule has 0 aliphatic heterocycles. The Balaban J connectivity index is 0. The van der Waals surface area contributed by atoms with Gasteiger partial charge in [0.25, 0.3) is 11.0 Å². The second-order valence-corrected chi connectivity index (χ2v) is 1.06. The Hall–Kier alpha value is 0.224. The minimum absolute atomic E-state index is 2.00. The minimum atomic E-state index is -3.12. The van der Waals surface area contributed by atoms with Crippen molar-refractivity contribution in [1.82, 2.24) is 0 Å². The van der Waals surface area contributed by atoms with E-state index >= 15 is 0 Å². The Morgan fingerprint density at radius 3 is 1.29 bits per heavy atom. The summed E-state index contributed by atoms with van der Waals surface area (Å²) in [6, 6.07) is 0. The first-order chi connectivity index (χ1) is 3.15. The summed E-state index contributed by atoms with van der Waals surface area (Å²) < 4.78 is 41.2. The summed E-state index contributed by atoms with van der Waals surface area (Å²) in [7, 11) is -3.12. The zero-order valence-electron chi connectivity index (χ0n) is 3.03. The Bertz CT molecular complexity index is 108. The summed E-state index contributed by atoms with van der Waals surface area (Å²) >= 11 is -2.00. The van der Waals surface area contributed by atoms with Crippen LogP contribution < -0.4 is 0 Å². The van der Waals surface area contributed by atoms with Gasteiger partial charge in [-0.2, -0.15) is 0 Å². The van der Waals surface area contributed by atoms with E-state index < -0.39 is 30.1 Å². The fraction of sp³-hybridized carbons (Fsp3) is 0. The van der Waals surface area contributed by atoms with Gasteiger partial charge in [-0.25, -0.2) is 8.42 Å². The van der Waals surface area contributed by atoms with E-state index in [1.54, 1.807) is 0 Å². The molecule has 0 aromatic carbocycles. The predicted molar refractivity (Wildman–Crippen MR) is 14.3 cm³/mol. The maximum absolute atomic E-state index is 8.59. The van der Waals surface area contributed by atoms with Crippen LogP contribution in [0.5, 0.6) is 0 Å². The third-order valence-electron chi connectivity index (χ3n) is 0. The first kappa shape index (κ1) is 10.3. The quantitative estimate of drug-likeness (QED) is 0.266. The summed E-state index contributed by atoms with van der Waals surface area (Å²) in [5, 5.41) is 0. The number of rotatable bonds is 0. The van der Waals surface area contributed by atoms with E-state index in [1.165, 1.54) is 0 Å². The molecule has 0 heterocycles. The van der Waals surface area contributed by atoms with E-state index in [0.29, 0.717) is 0 Å². The molecule has 0 radical (unpaired) electrons. The number of hydrogen-bond donors (Lipinski definition) is 2. The van der Waals surface area contributed by atoms with Gasteiger partial charge in [0.1, 0.15) is 0 Å². The van der Waals surface area contributed by atoms with Crippen LogP contribution in [0.2, 0.25) is 0 Å². The van der Waals surface area contributed by atoms with Crippen LogP contribution in [0.3, 0.4) is 0 Å². The standard InChI is InChI=1S/H2O3S.2O.Ti/c1-4(2)3;;;/h4H,(H,1,2,3);;;. The van der Waals surface area contributed by atoms with Gasteiger partial charge in [-0.05, 0) is 0 Å². The molecule has 0 aromatic rings. The molecule has 7 heavy (non-hydrogen) atoms. The van der Waals surface area contributed by atoms with Crippen molar-refractivity contribution >= 4 is 11.0 Å². The molecular weight excluding hydrogens is 160 g/mol. The van der Waals surface area contributed by atoms with E-state index in [1.807, 2.05) is 0 Å². The topological polar surface area (TPSA) is 88.5 Å². The summed E-state index contributed by atoms with van der Waals surface area (Å²) in [6.45, 7) is 0. The summed E-state index contributed by atoms with van der Waals surface area (Å²) in [5.74, 6) is 0. The van der Waals surface area contributed by atoms with Gasteiger partial charge in [0.05, 0.1) is 0 Å². The Morgan fingerprint density at radius 2 is 1.29 bits per heavy atom. The maximum atomic E-state index is 8.59. The molecule has 7 heteroatoms. The first-order valence-corrected chi connectivity index (χ1v) is 3.38. The average molecular weight is 162 g/mol. The summed E-state index contributed by atoms with van der Waals surface area (Å²) in [4.78, 5) is 0. The van der Waals surface area contributed by atoms with E-state index in [4.69, 9.17) is 19.6 Å². The molecule has 0 amide bonds. The van der Waals surface area contributed by atoms with Crippen molar-refractivity contribution in [2.45, 2.75) is 0 Å². The van der Waals surface area contributed by atoms with Gasteiger partial charge < -0.3 is 0 Å². The summed E-state index contributed by atoms with van der Waals surface area (Å²) in [6.07, 6.45) is 0. The Labute approximate surface area is 50.1 Å². The van der Waals surface area contributed by atoms with Gasteiger partial charge in [-0.15, -0.1) is 0 Å². The number of hydrogen-bond acceptors (Lipinski definition) is 4. The SMILES string of the molecule is O=[SH](=O)O.[O]=[Ti]=[O]. The molecule has 1 N–H and O–H groups in total. The van der Waals surface area contributed by atoms with Crippen molar-refractivity contribution in [3.05, 3.63) is 0 Å². The van der Waals surface area contributed by atoms with Gasteiger partial charge >= 0.3 is 25.7 Å². The van der Waals surface area contributed by atoms with Gasteiger partial charge in [0.2, 0.25) is 0 Å². The molecule has 0 unspecified atom stereocenters. The third kappa shape index (κ3) is 2210. The summed E-state index contributed by atoms with van der Waals surface area (Å²) in [5.41, 5.74) is 0.